The monoisotopic (exact) mass is 384 g/mol. The summed E-state index contributed by atoms with van der Waals surface area (Å²) in [6.07, 6.45) is -0.254. The lowest BCUT2D eigenvalue weighted by Gasteiger charge is -2.14. The Morgan fingerprint density at radius 1 is 1.24 bits per heavy atom. The number of carbonyl (C=O) groups is 1. The number of sulfonamides is 1. The van der Waals surface area contributed by atoms with Crippen molar-refractivity contribution in [2.45, 2.75) is 18.2 Å². The highest BCUT2D eigenvalue weighted by molar-refractivity contribution is 7.89. The van der Waals surface area contributed by atoms with Crippen LogP contribution in [-0.2, 0) is 21.2 Å². The third-order valence-electron chi connectivity index (χ3n) is 3.66. The number of benzene rings is 2. The fourth-order valence-corrected chi connectivity index (χ4v) is 3.32. The second-order valence-corrected chi connectivity index (χ2v) is 8.25. The molecule has 134 valence electrons. The van der Waals surface area contributed by atoms with E-state index in [0.717, 1.165) is 4.31 Å². The first-order chi connectivity index (χ1) is 11.6. The molecule has 0 heterocycles. The van der Waals surface area contributed by atoms with Gasteiger partial charge in [0.25, 0.3) is 0 Å². The van der Waals surface area contributed by atoms with Gasteiger partial charge in [0.05, 0.1) is 11.3 Å². The first-order valence-electron chi connectivity index (χ1n) is 7.39. The molecule has 1 amide bonds. The molecule has 0 saturated carbocycles. The first kappa shape index (κ1) is 19.4. The maximum absolute atomic E-state index is 13.8. The summed E-state index contributed by atoms with van der Waals surface area (Å²) in [5.41, 5.74) is 1.13. The van der Waals surface area contributed by atoms with E-state index in [2.05, 4.69) is 5.32 Å². The van der Waals surface area contributed by atoms with Gasteiger partial charge in [0, 0.05) is 30.4 Å². The van der Waals surface area contributed by atoms with E-state index in [1.807, 2.05) is 0 Å². The summed E-state index contributed by atoms with van der Waals surface area (Å²) in [6, 6.07) is 8.63. The fourth-order valence-electron chi connectivity index (χ4n) is 2.16. The van der Waals surface area contributed by atoms with Crippen LogP contribution in [0.25, 0.3) is 0 Å². The molecule has 0 aromatic heterocycles. The fraction of sp³-hybridized carbons (Fsp3) is 0.235. The molecule has 0 unspecified atom stereocenters. The molecule has 0 atom stereocenters. The topological polar surface area (TPSA) is 66.5 Å². The number of aryl methyl sites for hydroxylation is 1. The Balaban J connectivity index is 2.27. The van der Waals surface area contributed by atoms with Crippen LogP contribution in [0.5, 0.6) is 0 Å². The second kappa shape index (κ2) is 7.51. The molecule has 0 spiro atoms. The summed E-state index contributed by atoms with van der Waals surface area (Å²) in [5, 5.41) is 2.78. The summed E-state index contributed by atoms with van der Waals surface area (Å²) < 4.78 is 39.3. The molecule has 25 heavy (non-hydrogen) atoms. The van der Waals surface area contributed by atoms with Crippen molar-refractivity contribution in [1.82, 2.24) is 4.31 Å². The number of halogens is 2. The molecule has 0 radical (unpaired) electrons. The minimum absolute atomic E-state index is 0.0577. The maximum Gasteiger partial charge on any atom is 0.242 e. The van der Waals surface area contributed by atoms with Crippen LogP contribution in [0.4, 0.5) is 10.1 Å². The molecule has 0 aliphatic rings. The van der Waals surface area contributed by atoms with Gasteiger partial charge in [0.1, 0.15) is 5.82 Å². The van der Waals surface area contributed by atoms with E-state index in [1.165, 1.54) is 44.4 Å². The van der Waals surface area contributed by atoms with Gasteiger partial charge in [-0.15, -0.1) is 0 Å². The van der Waals surface area contributed by atoms with E-state index < -0.39 is 21.7 Å². The van der Waals surface area contributed by atoms with E-state index in [-0.39, 0.29) is 21.9 Å². The Labute approximate surface area is 151 Å². The average Bonchev–Trinajstić information content (AvgIpc) is 2.53. The molecule has 1 N–H and O–H groups in total. The maximum atomic E-state index is 13.8. The van der Waals surface area contributed by atoms with Gasteiger partial charge in [-0.3, -0.25) is 4.79 Å². The van der Waals surface area contributed by atoms with Crippen molar-refractivity contribution in [3.63, 3.8) is 0 Å². The first-order valence-corrected chi connectivity index (χ1v) is 9.20. The van der Waals surface area contributed by atoms with Gasteiger partial charge in [-0.05, 0) is 36.8 Å². The van der Waals surface area contributed by atoms with Crippen molar-refractivity contribution in [1.29, 1.82) is 0 Å². The van der Waals surface area contributed by atoms with Gasteiger partial charge in [0.2, 0.25) is 15.9 Å². The molecule has 2 aromatic carbocycles. The van der Waals surface area contributed by atoms with Crippen LogP contribution < -0.4 is 5.32 Å². The molecule has 0 aliphatic carbocycles. The Morgan fingerprint density at radius 3 is 2.52 bits per heavy atom. The number of rotatable bonds is 5. The zero-order valence-electron chi connectivity index (χ0n) is 14.0. The van der Waals surface area contributed by atoms with E-state index >= 15 is 0 Å². The van der Waals surface area contributed by atoms with Crippen LogP contribution in [0.1, 0.15) is 11.1 Å². The van der Waals surface area contributed by atoms with Crippen LogP contribution in [0.15, 0.2) is 41.3 Å². The van der Waals surface area contributed by atoms with Crippen molar-refractivity contribution in [3.05, 3.63) is 58.4 Å². The minimum Gasteiger partial charge on any atom is -0.326 e. The lowest BCUT2D eigenvalue weighted by atomic mass is 10.1. The Bertz CT molecular complexity index is 894. The third-order valence-corrected chi connectivity index (χ3v) is 5.83. The number of carbonyl (C=O) groups excluding carboxylic acids is 1. The van der Waals surface area contributed by atoms with Crippen molar-refractivity contribution >= 4 is 33.2 Å². The molecule has 2 rings (SSSR count). The quantitative estimate of drug-likeness (QED) is 0.860. The summed E-state index contributed by atoms with van der Waals surface area (Å²) >= 11 is 5.92. The van der Waals surface area contributed by atoms with Gasteiger partial charge in [-0.2, -0.15) is 0 Å². The number of hydrogen-bond acceptors (Lipinski definition) is 3. The molecular weight excluding hydrogens is 367 g/mol. The van der Waals surface area contributed by atoms with Crippen LogP contribution in [0.3, 0.4) is 0 Å². The largest absolute Gasteiger partial charge is 0.326 e. The summed E-state index contributed by atoms with van der Waals surface area (Å²) in [5.74, 6) is -1.06. The number of nitrogens with zero attached hydrogens (tertiary/aromatic N) is 1. The van der Waals surface area contributed by atoms with Gasteiger partial charge < -0.3 is 5.32 Å². The van der Waals surface area contributed by atoms with Crippen molar-refractivity contribution < 1.29 is 17.6 Å². The molecule has 0 saturated heterocycles. The zero-order valence-corrected chi connectivity index (χ0v) is 15.6. The lowest BCUT2D eigenvalue weighted by molar-refractivity contribution is -0.115. The molecule has 8 heteroatoms. The van der Waals surface area contributed by atoms with Gasteiger partial charge >= 0.3 is 0 Å². The number of nitrogens with one attached hydrogen (secondary N) is 1. The third kappa shape index (κ3) is 4.36. The number of hydrogen-bond donors (Lipinski definition) is 1. The van der Waals surface area contributed by atoms with Crippen LogP contribution in [-0.4, -0.2) is 32.7 Å². The van der Waals surface area contributed by atoms with Crippen molar-refractivity contribution in [3.8, 4) is 0 Å². The molecule has 2 aromatic rings. The summed E-state index contributed by atoms with van der Waals surface area (Å²) in [6.45, 7) is 1.73. The van der Waals surface area contributed by atoms with Gasteiger partial charge in [-0.1, -0.05) is 23.7 Å². The van der Waals surface area contributed by atoms with Gasteiger partial charge in [-0.25, -0.2) is 17.1 Å². The van der Waals surface area contributed by atoms with E-state index in [9.17, 15) is 17.6 Å². The van der Waals surface area contributed by atoms with Crippen LogP contribution >= 0.6 is 11.6 Å². The van der Waals surface area contributed by atoms with E-state index in [4.69, 9.17) is 11.6 Å². The number of amides is 1. The Kier molecular flexibility index (Phi) is 5.82. The average molecular weight is 385 g/mol. The Morgan fingerprint density at radius 2 is 1.92 bits per heavy atom. The highest BCUT2D eigenvalue weighted by Crippen LogP contribution is 2.23. The van der Waals surface area contributed by atoms with Crippen molar-refractivity contribution in [2.75, 3.05) is 19.4 Å². The summed E-state index contributed by atoms with van der Waals surface area (Å²) in [7, 11) is -0.775. The van der Waals surface area contributed by atoms with Crippen LogP contribution in [0, 0.1) is 12.7 Å². The van der Waals surface area contributed by atoms with Gasteiger partial charge in [0.15, 0.2) is 0 Å². The van der Waals surface area contributed by atoms with Crippen molar-refractivity contribution in [2.24, 2.45) is 0 Å². The van der Waals surface area contributed by atoms with E-state index in [1.54, 1.807) is 13.0 Å². The van der Waals surface area contributed by atoms with Crippen LogP contribution in [0.2, 0.25) is 5.02 Å². The zero-order chi connectivity index (χ0) is 18.8. The van der Waals surface area contributed by atoms with E-state index in [0.29, 0.717) is 11.3 Å². The molecule has 0 fully saturated rings. The molecule has 0 aliphatic heterocycles. The molecular formula is C17H18ClFN2O3S. The predicted molar refractivity (Wildman–Crippen MR) is 95.8 cm³/mol. The standard InChI is InChI=1S/C17H18ClFN2O3S/c1-11-7-8-12(25(23,24)21(2)3)9-16(11)20-17(22)10-13-14(18)5-4-6-15(13)19/h4-9H,10H2,1-3H3,(H,20,22). The Hall–Kier alpha value is -1.96. The smallest absolute Gasteiger partial charge is 0.242 e. The SMILES string of the molecule is Cc1ccc(S(=O)(=O)N(C)C)cc1NC(=O)Cc1c(F)cccc1Cl. The predicted octanol–water partition coefficient (Wildman–Crippen LogP) is 3.22. The number of anilines is 1. The highest BCUT2D eigenvalue weighted by Gasteiger charge is 2.19. The minimum atomic E-state index is -3.62. The summed E-state index contributed by atoms with van der Waals surface area (Å²) in [4.78, 5) is 12.3. The lowest BCUT2D eigenvalue weighted by Crippen LogP contribution is -2.23. The molecule has 0 bridgehead atoms. The second-order valence-electron chi connectivity index (χ2n) is 5.69. The highest BCUT2D eigenvalue weighted by atomic mass is 35.5. The normalized spacial score (nSPS) is 11.6. The molecule has 5 nitrogen and oxygen atoms in total.